The molecule has 5 nitrogen and oxygen atoms in total. The smallest absolute Gasteiger partial charge is 0.320 e. The highest BCUT2D eigenvalue weighted by molar-refractivity contribution is 8.93. The Hall–Kier alpha value is -1.27. The van der Waals surface area contributed by atoms with E-state index < -0.39 is 12.0 Å². The lowest BCUT2D eigenvalue weighted by atomic mass is 10.1. The zero-order valence-corrected chi connectivity index (χ0v) is 9.47. The van der Waals surface area contributed by atoms with Crippen molar-refractivity contribution in [2.45, 2.75) is 12.5 Å². The second-order valence-corrected chi connectivity index (χ2v) is 2.97. The van der Waals surface area contributed by atoms with Gasteiger partial charge in [-0.3, -0.25) is 4.79 Å². The van der Waals surface area contributed by atoms with Gasteiger partial charge in [-0.25, -0.2) is 0 Å². The van der Waals surface area contributed by atoms with Crippen molar-refractivity contribution in [1.82, 2.24) is 0 Å². The second kappa shape index (κ2) is 5.57. The fourth-order valence-electron chi connectivity index (χ4n) is 1.04. The van der Waals surface area contributed by atoms with Crippen LogP contribution in [-0.4, -0.2) is 27.3 Å². The molecule has 0 unspecified atom stereocenters. The van der Waals surface area contributed by atoms with E-state index >= 15 is 0 Å². The van der Waals surface area contributed by atoms with Crippen LogP contribution >= 0.6 is 17.0 Å². The van der Waals surface area contributed by atoms with Crippen molar-refractivity contribution < 1.29 is 20.1 Å². The molecule has 0 aromatic heterocycles. The van der Waals surface area contributed by atoms with E-state index in [0.29, 0.717) is 5.56 Å². The average molecular weight is 278 g/mol. The van der Waals surface area contributed by atoms with Crippen LogP contribution in [-0.2, 0) is 11.2 Å². The van der Waals surface area contributed by atoms with Gasteiger partial charge in [-0.1, -0.05) is 6.07 Å². The zero-order valence-electron chi connectivity index (χ0n) is 7.75. The number of nitrogens with two attached hydrogens (primary N) is 1. The minimum atomic E-state index is -1.10. The first-order valence-electron chi connectivity index (χ1n) is 4.00. The molecule has 0 amide bonds. The third-order valence-electron chi connectivity index (χ3n) is 1.81. The number of rotatable bonds is 3. The molecule has 15 heavy (non-hydrogen) atoms. The maximum Gasteiger partial charge on any atom is 0.320 e. The molecule has 5 N–H and O–H groups in total. The molecule has 0 spiro atoms. The third-order valence-corrected chi connectivity index (χ3v) is 1.81. The summed E-state index contributed by atoms with van der Waals surface area (Å²) in [7, 11) is 0. The number of benzene rings is 1. The average Bonchev–Trinajstić information content (AvgIpc) is 2.11. The van der Waals surface area contributed by atoms with E-state index in [1.165, 1.54) is 18.2 Å². The Labute approximate surface area is 96.9 Å². The minimum Gasteiger partial charge on any atom is -0.504 e. The van der Waals surface area contributed by atoms with E-state index in [2.05, 4.69) is 0 Å². The predicted molar refractivity (Wildman–Crippen MR) is 59.4 cm³/mol. The fraction of sp³-hybridized carbons (Fsp3) is 0.222. The first-order valence-corrected chi connectivity index (χ1v) is 4.00. The molecule has 1 aromatic rings. The number of phenols is 2. The number of aliphatic carboxylic acids is 1. The summed E-state index contributed by atoms with van der Waals surface area (Å²) < 4.78 is 0. The molecule has 1 atom stereocenters. The minimum absolute atomic E-state index is 0. The molecule has 0 fully saturated rings. The van der Waals surface area contributed by atoms with Crippen molar-refractivity contribution in [3.63, 3.8) is 0 Å². The maximum absolute atomic E-state index is 10.4. The van der Waals surface area contributed by atoms with Gasteiger partial charge in [0.05, 0.1) is 0 Å². The van der Waals surface area contributed by atoms with Crippen molar-refractivity contribution in [2.24, 2.45) is 5.73 Å². The maximum atomic E-state index is 10.4. The number of hydrogen-bond acceptors (Lipinski definition) is 4. The highest BCUT2D eigenvalue weighted by Crippen LogP contribution is 2.25. The van der Waals surface area contributed by atoms with Crippen LogP contribution < -0.4 is 5.73 Å². The van der Waals surface area contributed by atoms with Gasteiger partial charge < -0.3 is 21.1 Å². The molecule has 0 aliphatic carbocycles. The molecule has 0 saturated carbocycles. The van der Waals surface area contributed by atoms with E-state index in [4.69, 9.17) is 21.1 Å². The number of aromatic hydroxyl groups is 2. The van der Waals surface area contributed by atoms with Gasteiger partial charge in [-0.15, -0.1) is 17.0 Å². The van der Waals surface area contributed by atoms with Crippen LogP contribution in [0.25, 0.3) is 0 Å². The largest absolute Gasteiger partial charge is 0.504 e. The lowest BCUT2D eigenvalue weighted by molar-refractivity contribution is -0.138. The van der Waals surface area contributed by atoms with Gasteiger partial charge >= 0.3 is 5.97 Å². The van der Waals surface area contributed by atoms with Gasteiger partial charge in [0.15, 0.2) is 11.5 Å². The van der Waals surface area contributed by atoms with Gasteiger partial charge in [0.25, 0.3) is 0 Å². The molecular weight excluding hydrogens is 266 g/mol. The van der Waals surface area contributed by atoms with Crippen molar-refractivity contribution >= 4 is 23.0 Å². The highest BCUT2D eigenvalue weighted by atomic mass is 79.9. The molecule has 1 aromatic carbocycles. The van der Waals surface area contributed by atoms with E-state index in [1.807, 2.05) is 0 Å². The summed E-state index contributed by atoms with van der Waals surface area (Å²) >= 11 is 0. The molecule has 1 rings (SSSR count). The van der Waals surface area contributed by atoms with Gasteiger partial charge in [-0.2, -0.15) is 0 Å². The van der Waals surface area contributed by atoms with E-state index in [0.717, 1.165) is 0 Å². The number of carboxylic acid groups (broad SMARTS) is 1. The first-order chi connectivity index (χ1) is 6.50. The molecule has 0 aliphatic rings. The van der Waals surface area contributed by atoms with Crippen LogP contribution in [0.15, 0.2) is 18.2 Å². The highest BCUT2D eigenvalue weighted by Gasteiger charge is 2.12. The lowest BCUT2D eigenvalue weighted by Crippen LogP contribution is -2.32. The summed E-state index contributed by atoms with van der Waals surface area (Å²) in [6.45, 7) is 0. The fourth-order valence-corrected chi connectivity index (χ4v) is 1.04. The topological polar surface area (TPSA) is 104 Å². The van der Waals surface area contributed by atoms with Gasteiger partial charge in [0, 0.05) is 0 Å². The summed E-state index contributed by atoms with van der Waals surface area (Å²) in [5.41, 5.74) is 5.86. The number of carbonyl (C=O) groups is 1. The summed E-state index contributed by atoms with van der Waals surface area (Å²) in [5.74, 6) is -1.62. The van der Waals surface area contributed by atoms with Crippen molar-refractivity contribution in [1.29, 1.82) is 0 Å². The summed E-state index contributed by atoms with van der Waals surface area (Å²) in [6.07, 6.45) is 0.114. The van der Waals surface area contributed by atoms with Crippen LogP contribution in [0.3, 0.4) is 0 Å². The van der Waals surface area contributed by atoms with Crippen LogP contribution in [0.5, 0.6) is 11.5 Å². The third kappa shape index (κ3) is 3.77. The van der Waals surface area contributed by atoms with Crippen LogP contribution in [0.4, 0.5) is 0 Å². The van der Waals surface area contributed by atoms with Crippen LogP contribution in [0.2, 0.25) is 0 Å². The van der Waals surface area contributed by atoms with Gasteiger partial charge in [0.2, 0.25) is 0 Å². The standard InChI is InChI=1S/C9H11NO4.BrH/c10-6(9(13)14)3-5-1-2-7(11)8(12)4-5;/h1-2,4,6,11-12H,3,10H2,(H,13,14);1H/t6-;/m0./s1. The molecular formula is C9H12BrNO4. The SMILES string of the molecule is Br.N[C@@H](Cc1ccc(O)c(O)c1)C(=O)O. The first kappa shape index (κ1) is 13.7. The molecule has 0 saturated heterocycles. The monoisotopic (exact) mass is 277 g/mol. The summed E-state index contributed by atoms with van der Waals surface area (Å²) in [6, 6.07) is 3.09. The molecule has 84 valence electrons. The molecule has 0 heterocycles. The second-order valence-electron chi connectivity index (χ2n) is 2.97. The van der Waals surface area contributed by atoms with E-state index in [-0.39, 0.29) is 34.9 Å². The normalized spacial score (nSPS) is 11.5. The molecule has 0 radical (unpaired) electrons. The van der Waals surface area contributed by atoms with Crippen LogP contribution in [0.1, 0.15) is 5.56 Å². The quantitative estimate of drug-likeness (QED) is 0.607. The Morgan fingerprint density at radius 2 is 1.93 bits per heavy atom. The Bertz CT molecular complexity index is 356. The molecule has 0 aliphatic heterocycles. The van der Waals surface area contributed by atoms with Gasteiger partial charge in [-0.05, 0) is 24.1 Å². The zero-order chi connectivity index (χ0) is 10.7. The number of halogens is 1. The summed E-state index contributed by atoms with van der Waals surface area (Å²) in [5, 5.41) is 26.6. The summed E-state index contributed by atoms with van der Waals surface area (Å²) in [4.78, 5) is 10.4. The van der Waals surface area contributed by atoms with Crippen molar-refractivity contribution in [2.75, 3.05) is 0 Å². The van der Waals surface area contributed by atoms with E-state index in [9.17, 15) is 4.79 Å². The van der Waals surface area contributed by atoms with Crippen molar-refractivity contribution in [3.8, 4) is 11.5 Å². The van der Waals surface area contributed by atoms with Crippen LogP contribution in [0, 0.1) is 0 Å². The van der Waals surface area contributed by atoms with Gasteiger partial charge in [0.1, 0.15) is 6.04 Å². The Kier molecular flexibility index (Phi) is 5.10. The number of hydrogen-bond donors (Lipinski definition) is 4. The molecule has 6 heteroatoms. The Morgan fingerprint density at radius 1 is 1.33 bits per heavy atom. The number of phenolic OH excluding ortho intramolecular Hbond substituents is 2. The lowest BCUT2D eigenvalue weighted by Gasteiger charge is -2.06. The Morgan fingerprint density at radius 3 is 2.40 bits per heavy atom. The predicted octanol–water partition coefficient (Wildman–Crippen LogP) is 0.630. The molecule has 0 bridgehead atoms. The van der Waals surface area contributed by atoms with E-state index in [1.54, 1.807) is 0 Å². The Balaban J connectivity index is 0.00000196. The van der Waals surface area contributed by atoms with Crippen molar-refractivity contribution in [3.05, 3.63) is 23.8 Å². The number of carboxylic acids is 1.